The molecule has 1 unspecified atom stereocenters. The summed E-state index contributed by atoms with van der Waals surface area (Å²) in [4.78, 5) is 2.38. The van der Waals surface area contributed by atoms with E-state index in [0.717, 1.165) is 43.9 Å². The predicted molar refractivity (Wildman–Crippen MR) is 89.9 cm³/mol. The molecule has 1 saturated heterocycles. The average Bonchev–Trinajstić information content (AvgIpc) is 2.94. The summed E-state index contributed by atoms with van der Waals surface area (Å²) in [6.45, 7) is 5.66. The second-order valence-electron chi connectivity index (χ2n) is 6.21. The minimum atomic E-state index is -0.285. The molecule has 0 aliphatic carbocycles. The number of nitrogens with zero attached hydrogens (tertiary/aromatic N) is 2. The zero-order valence-electron chi connectivity index (χ0n) is 13.3. The highest BCUT2D eigenvalue weighted by Crippen LogP contribution is 2.21. The molecule has 2 heterocycles. The van der Waals surface area contributed by atoms with Crippen LogP contribution in [-0.4, -0.2) is 34.2 Å². The van der Waals surface area contributed by atoms with Crippen molar-refractivity contribution in [3.05, 3.63) is 52.1 Å². The minimum absolute atomic E-state index is 0.285. The SMILES string of the molecule is Cc1[nH]ncc1CNC1CCCN(Cc2ccc(F)cc2Cl)C1. The maximum atomic E-state index is 13.1. The fourth-order valence-corrected chi connectivity index (χ4v) is 3.29. The molecule has 1 atom stereocenters. The number of halogens is 2. The Bertz CT molecular complexity index is 658. The van der Waals surface area contributed by atoms with Gasteiger partial charge in [-0.1, -0.05) is 17.7 Å². The van der Waals surface area contributed by atoms with E-state index in [1.165, 1.54) is 24.1 Å². The highest BCUT2D eigenvalue weighted by molar-refractivity contribution is 6.31. The number of aromatic nitrogens is 2. The minimum Gasteiger partial charge on any atom is -0.309 e. The first kappa shape index (κ1) is 16.4. The first-order chi connectivity index (χ1) is 11.1. The van der Waals surface area contributed by atoms with Crippen LogP contribution in [0.15, 0.2) is 24.4 Å². The Labute approximate surface area is 141 Å². The van der Waals surface area contributed by atoms with Crippen LogP contribution in [0.4, 0.5) is 4.39 Å². The molecule has 23 heavy (non-hydrogen) atoms. The number of hydrogen-bond acceptors (Lipinski definition) is 3. The van der Waals surface area contributed by atoms with Crippen LogP contribution in [-0.2, 0) is 13.1 Å². The van der Waals surface area contributed by atoms with Crippen molar-refractivity contribution in [3.8, 4) is 0 Å². The van der Waals surface area contributed by atoms with Crippen LogP contribution in [0.1, 0.15) is 29.7 Å². The van der Waals surface area contributed by atoms with Crippen LogP contribution in [0.3, 0.4) is 0 Å². The Balaban J connectivity index is 1.54. The van der Waals surface area contributed by atoms with E-state index >= 15 is 0 Å². The van der Waals surface area contributed by atoms with Gasteiger partial charge in [0.1, 0.15) is 5.82 Å². The zero-order chi connectivity index (χ0) is 16.2. The normalized spacial score (nSPS) is 19.2. The van der Waals surface area contributed by atoms with Crippen LogP contribution in [0.5, 0.6) is 0 Å². The van der Waals surface area contributed by atoms with Gasteiger partial charge in [0.2, 0.25) is 0 Å². The average molecular weight is 337 g/mol. The van der Waals surface area contributed by atoms with Gasteiger partial charge < -0.3 is 5.32 Å². The molecule has 6 heteroatoms. The lowest BCUT2D eigenvalue weighted by atomic mass is 10.0. The molecule has 2 aromatic rings. The quantitative estimate of drug-likeness (QED) is 0.880. The largest absolute Gasteiger partial charge is 0.309 e. The van der Waals surface area contributed by atoms with Crippen LogP contribution in [0.2, 0.25) is 5.02 Å². The van der Waals surface area contributed by atoms with Gasteiger partial charge in [0, 0.05) is 42.0 Å². The molecule has 4 nitrogen and oxygen atoms in total. The molecule has 0 spiro atoms. The molecule has 1 aliphatic rings. The van der Waals surface area contributed by atoms with Crippen molar-refractivity contribution in [2.75, 3.05) is 13.1 Å². The number of aryl methyl sites for hydroxylation is 1. The molecule has 0 amide bonds. The molecule has 1 aromatic heterocycles. The van der Waals surface area contributed by atoms with Crippen molar-refractivity contribution in [3.63, 3.8) is 0 Å². The molecular weight excluding hydrogens is 315 g/mol. The molecule has 0 bridgehead atoms. The summed E-state index contributed by atoms with van der Waals surface area (Å²) >= 11 is 6.14. The van der Waals surface area contributed by atoms with Crippen LogP contribution < -0.4 is 5.32 Å². The molecule has 1 fully saturated rings. The monoisotopic (exact) mass is 336 g/mol. The van der Waals surface area contributed by atoms with Crippen molar-refractivity contribution in [2.24, 2.45) is 0 Å². The van der Waals surface area contributed by atoms with Gasteiger partial charge in [-0.15, -0.1) is 0 Å². The summed E-state index contributed by atoms with van der Waals surface area (Å²) in [5.41, 5.74) is 3.31. The number of piperidine rings is 1. The molecule has 3 rings (SSSR count). The van der Waals surface area contributed by atoms with E-state index in [1.54, 1.807) is 6.07 Å². The van der Waals surface area contributed by atoms with Gasteiger partial charge >= 0.3 is 0 Å². The number of H-pyrrole nitrogens is 1. The molecule has 0 saturated carbocycles. The third-order valence-electron chi connectivity index (χ3n) is 4.43. The maximum Gasteiger partial charge on any atom is 0.124 e. The van der Waals surface area contributed by atoms with Gasteiger partial charge in [-0.2, -0.15) is 5.10 Å². The Kier molecular flexibility index (Phi) is 5.30. The van der Waals surface area contributed by atoms with Crippen molar-refractivity contribution >= 4 is 11.6 Å². The summed E-state index contributed by atoms with van der Waals surface area (Å²) < 4.78 is 13.1. The zero-order valence-corrected chi connectivity index (χ0v) is 14.0. The van der Waals surface area contributed by atoms with E-state index in [1.807, 2.05) is 13.1 Å². The van der Waals surface area contributed by atoms with E-state index in [4.69, 9.17) is 11.6 Å². The molecule has 124 valence electrons. The van der Waals surface area contributed by atoms with Crippen molar-refractivity contribution in [1.82, 2.24) is 20.4 Å². The smallest absolute Gasteiger partial charge is 0.124 e. The number of likely N-dealkylation sites (tertiary alicyclic amines) is 1. The van der Waals surface area contributed by atoms with Crippen LogP contribution in [0, 0.1) is 12.7 Å². The Morgan fingerprint density at radius 3 is 3.04 bits per heavy atom. The number of benzene rings is 1. The van der Waals surface area contributed by atoms with Gasteiger partial charge in [-0.25, -0.2) is 4.39 Å². The molecule has 0 radical (unpaired) electrons. The summed E-state index contributed by atoms with van der Waals surface area (Å²) in [5, 5.41) is 11.1. The van der Waals surface area contributed by atoms with E-state index < -0.39 is 0 Å². The Morgan fingerprint density at radius 1 is 1.43 bits per heavy atom. The fourth-order valence-electron chi connectivity index (χ4n) is 3.06. The predicted octanol–water partition coefficient (Wildman–Crippen LogP) is 3.26. The topological polar surface area (TPSA) is 44.0 Å². The van der Waals surface area contributed by atoms with E-state index in [2.05, 4.69) is 20.4 Å². The van der Waals surface area contributed by atoms with Gasteiger partial charge in [0.25, 0.3) is 0 Å². The standard InChI is InChI=1S/C17H22ClFN4/c1-12-14(9-21-22-12)8-20-16-3-2-6-23(11-16)10-13-4-5-15(19)7-17(13)18/h4-5,7,9,16,20H,2-3,6,8,10-11H2,1H3,(H,21,22). The molecular formula is C17H22ClFN4. The summed E-state index contributed by atoms with van der Waals surface area (Å²) in [7, 11) is 0. The molecule has 1 aromatic carbocycles. The van der Waals surface area contributed by atoms with E-state index in [-0.39, 0.29) is 5.82 Å². The van der Waals surface area contributed by atoms with Crippen LogP contribution in [0.25, 0.3) is 0 Å². The third kappa shape index (κ3) is 4.31. The number of rotatable bonds is 5. The number of aromatic amines is 1. The number of nitrogens with one attached hydrogen (secondary N) is 2. The van der Waals surface area contributed by atoms with Crippen molar-refractivity contribution < 1.29 is 4.39 Å². The molecule has 1 aliphatic heterocycles. The lowest BCUT2D eigenvalue weighted by Crippen LogP contribution is -2.45. The van der Waals surface area contributed by atoms with Gasteiger partial charge in [-0.3, -0.25) is 10.00 Å². The maximum absolute atomic E-state index is 13.1. The Hall–Kier alpha value is -1.43. The van der Waals surface area contributed by atoms with Crippen molar-refractivity contribution in [1.29, 1.82) is 0 Å². The van der Waals surface area contributed by atoms with E-state index in [9.17, 15) is 4.39 Å². The lowest BCUT2D eigenvalue weighted by Gasteiger charge is -2.33. The third-order valence-corrected chi connectivity index (χ3v) is 4.78. The highest BCUT2D eigenvalue weighted by atomic mass is 35.5. The fraction of sp³-hybridized carbons (Fsp3) is 0.471. The summed E-state index contributed by atoms with van der Waals surface area (Å²) in [6, 6.07) is 5.10. The first-order valence-electron chi connectivity index (χ1n) is 8.00. The van der Waals surface area contributed by atoms with E-state index in [0.29, 0.717) is 11.1 Å². The van der Waals surface area contributed by atoms with Gasteiger partial charge in [0.05, 0.1) is 6.20 Å². The second-order valence-corrected chi connectivity index (χ2v) is 6.62. The van der Waals surface area contributed by atoms with Crippen LogP contribution >= 0.6 is 11.6 Å². The molecule has 2 N–H and O–H groups in total. The number of hydrogen-bond donors (Lipinski definition) is 2. The highest BCUT2D eigenvalue weighted by Gasteiger charge is 2.20. The summed E-state index contributed by atoms with van der Waals surface area (Å²) in [6.07, 6.45) is 4.20. The first-order valence-corrected chi connectivity index (χ1v) is 8.38. The lowest BCUT2D eigenvalue weighted by molar-refractivity contribution is 0.182. The summed E-state index contributed by atoms with van der Waals surface area (Å²) in [5.74, 6) is -0.285. The second kappa shape index (κ2) is 7.43. The van der Waals surface area contributed by atoms with Crippen molar-refractivity contribution in [2.45, 2.75) is 38.9 Å². The Morgan fingerprint density at radius 2 is 2.30 bits per heavy atom. The van der Waals surface area contributed by atoms with Gasteiger partial charge in [0.15, 0.2) is 0 Å². The van der Waals surface area contributed by atoms with Gasteiger partial charge in [-0.05, 0) is 44.0 Å².